The van der Waals surface area contributed by atoms with Crippen LogP contribution in [0.15, 0.2) is 83.8 Å². The van der Waals surface area contributed by atoms with Gasteiger partial charge >= 0.3 is 0 Å². The fourth-order valence-electron chi connectivity index (χ4n) is 3.50. The molecule has 0 aromatic heterocycles. The van der Waals surface area contributed by atoms with Crippen molar-refractivity contribution >= 4 is 45.1 Å². The molecule has 4 heteroatoms. The van der Waals surface area contributed by atoms with Crippen molar-refractivity contribution in [3.63, 3.8) is 0 Å². The van der Waals surface area contributed by atoms with Crippen LogP contribution in [0.4, 0.5) is 0 Å². The third-order valence-electron chi connectivity index (χ3n) is 4.84. The third-order valence-corrected chi connectivity index (χ3v) is 6.56. The fraction of sp³-hybridized carbons (Fsp3) is 0.0833. The molecule has 4 aromatic carbocycles. The summed E-state index contributed by atoms with van der Waals surface area (Å²) < 4.78 is 13.3. The van der Waals surface area contributed by atoms with Gasteiger partial charge in [0.25, 0.3) is 0 Å². The molecule has 1 aliphatic heterocycles. The number of hydrogen-bond acceptors (Lipinski definition) is 3. The number of fused-ring (bicyclic) bond motifs is 2. The molecule has 138 valence electrons. The molecular formula is C24H17IO2S. The molecule has 0 saturated heterocycles. The molecule has 0 radical (unpaired) electrons. The Balaban J connectivity index is 1.67. The van der Waals surface area contributed by atoms with E-state index in [-0.39, 0.29) is 0 Å². The van der Waals surface area contributed by atoms with E-state index in [1.807, 2.05) is 18.2 Å². The van der Waals surface area contributed by atoms with Gasteiger partial charge in [-0.15, -0.1) is 0 Å². The summed E-state index contributed by atoms with van der Waals surface area (Å²) in [6, 6.07) is 27.4. The lowest BCUT2D eigenvalue weighted by Gasteiger charge is -2.16. The summed E-state index contributed by atoms with van der Waals surface area (Å²) >= 11 is 4.17. The molecule has 0 amide bonds. The second-order valence-corrected chi connectivity index (χ2v) is 8.75. The van der Waals surface area contributed by atoms with Crippen molar-refractivity contribution in [3.8, 4) is 22.6 Å². The molecular weight excluding hydrogens is 479 g/mol. The molecule has 0 aliphatic carbocycles. The molecule has 0 saturated carbocycles. The van der Waals surface area contributed by atoms with Crippen molar-refractivity contribution < 1.29 is 9.47 Å². The van der Waals surface area contributed by atoms with Gasteiger partial charge in [0.05, 0.1) is 4.90 Å². The smallest absolute Gasteiger partial charge is 0.138 e. The Hall–Kier alpha value is -2.18. The third kappa shape index (κ3) is 3.35. The van der Waals surface area contributed by atoms with Gasteiger partial charge in [-0.05, 0) is 57.3 Å². The van der Waals surface area contributed by atoms with Crippen molar-refractivity contribution in [1.29, 1.82) is 0 Å². The number of hydrogen-bond donors (Lipinski definition) is 0. The molecule has 0 unspecified atom stereocenters. The second kappa shape index (κ2) is 7.68. The highest BCUT2D eigenvalue weighted by Crippen LogP contribution is 2.46. The van der Waals surface area contributed by atoms with Gasteiger partial charge in [-0.3, -0.25) is 0 Å². The molecule has 4 aromatic rings. The van der Waals surface area contributed by atoms with Crippen LogP contribution in [0.1, 0.15) is 5.56 Å². The molecule has 0 spiro atoms. The van der Waals surface area contributed by atoms with E-state index in [4.69, 9.17) is 9.47 Å². The minimum absolute atomic E-state index is 0.545. The van der Waals surface area contributed by atoms with Crippen LogP contribution < -0.4 is 9.47 Å². The van der Waals surface area contributed by atoms with Gasteiger partial charge in [0.15, 0.2) is 0 Å². The summed E-state index contributed by atoms with van der Waals surface area (Å²) in [5, 5.41) is 2.30. The number of thioether (sulfide) groups is 1. The first-order valence-electron chi connectivity index (χ1n) is 9.07. The van der Waals surface area contributed by atoms with Crippen molar-refractivity contribution in [3.05, 3.63) is 88.0 Å². The number of halogens is 1. The highest BCUT2D eigenvalue weighted by molar-refractivity contribution is 14.1. The highest BCUT2D eigenvalue weighted by Gasteiger charge is 2.20. The van der Waals surface area contributed by atoms with E-state index in [2.05, 4.69) is 83.3 Å². The molecule has 0 bridgehead atoms. The Morgan fingerprint density at radius 1 is 0.893 bits per heavy atom. The van der Waals surface area contributed by atoms with Crippen LogP contribution in [0.2, 0.25) is 0 Å². The molecule has 0 fully saturated rings. The molecule has 5 rings (SSSR count). The van der Waals surface area contributed by atoms with Crippen LogP contribution in [-0.2, 0) is 6.61 Å². The first-order valence-corrected chi connectivity index (χ1v) is 11.1. The molecule has 0 N–H and O–H groups in total. The predicted octanol–water partition coefficient (Wildman–Crippen LogP) is 7.13. The summed E-state index contributed by atoms with van der Waals surface area (Å²) in [5.41, 5.74) is 3.62. The average molecular weight is 496 g/mol. The Bertz CT molecular complexity index is 1140. The van der Waals surface area contributed by atoms with Crippen LogP contribution >= 0.6 is 34.4 Å². The van der Waals surface area contributed by atoms with Crippen molar-refractivity contribution in [2.75, 3.05) is 5.94 Å². The van der Waals surface area contributed by atoms with Crippen LogP contribution in [0.3, 0.4) is 0 Å². The van der Waals surface area contributed by atoms with Crippen molar-refractivity contribution in [1.82, 2.24) is 0 Å². The van der Waals surface area contributed by atoms with Crippen LogP contribution in [0.25, 0.3) is 21.9 Å². The van der Waals surface area contributed by atoms with Gasteiger partial charge < -0.3 is 9.47 Å². The van der Waals surface area contributed by atoms with E-state index < -0.39 is 0 Å². The maximum atomic E-state index is 6.27. The lowest BCUT2D eigenvalue weighted by Crippen LogP contribution is -1.98. The quantitative estimate of drug-likeness (QED) is 0.280. The zero-order valence-electron chi connectivity index (χ0n) is 15.0. The minimum atomic E-state index is 0.545. The van der Waals surface area contributed by atoms with Gasteiger partial charge in [-0.25, -0.2) is 0 Å². The summed E-state index contributed by atoms with van der Waals surface area (Å²) in [6.07, 6.45) is 0. The predicted molar refractivity (Wildman–Crippen MR) is 124 cm³/mol. The Morgan fingerprint density at radius 2 is 1.64 bits per heavy atom. The van der Waals surface area contributed by atoms with E-state index in [0.29, 0.717) is 12.5 Å². The van der Waals surface area contributed by atoms with Crippen LogP contribution in [0.5, 0.6) is 11.5 Å². The fourth-order valence-corrected chi connectivity index (χ4v) is 5.16. The monoisotopic (exact) mass is 496 g/mol. The Morgan fingerprint density at radius 3 is 2.43 bits per heavy atom. The molecule has 28 heavy (non-hydrogen) atoms. The normalized spacial score (nSPS) is 12.6. The summed E-state index contributed by atoms with van der Waals surface area (Å²) in [6.45, 7) is 0.545. The van der Waals surface area contributed by atoms with E-state index in [9.17, 15) is 0 Å². The van der Waals surface area contributed by atoms with Gasteiger partial charge in [0.1, 0.15) is 24.0 Å². The Labute approximate surface area is 182 Å². The summed E-state index contributed by atoms with van der Waals surface area (Å²) in [7, 11) is 0. The topological polar surface area (TPSA) is 18.5 Å². The van der Waals surface area contributed by atoms with E-state index in [1.165, 1.54) is 25.0 Å². The van der Waals surface area contributed by atoms with Gasteiger partial charge in [0, 0.05) is 14.5 Å². The highest BCUT2D eigenvalue weighted by atomic mass is 127. The first kappa shape index (κ1) is 17.9. The maximum absolute atomic E-state index is 6.27. The largest absolute Gasteiger partial charge is 0.488 e. The average Bonchev–Trinajstić information content (AvgIpc) is 3.19. The zero-order chi connectivity index (χ0) is 18.9. The lowest BCUT2D eigenvalue weighted by atomic mass is 9.97. The minimum Gasteiger partial charge on any atom is -0.488 e. The van der Waals surface area contributed by atoms with E-state index in [0.717, 1.165) is 22.4 Å². The van der Waals surface area contributed by atoms with Crippen molar-refractivity contribution in [2.24, 2.45) is 0 Å². The number of rotatable bonds is 4. The number of ether oxygens (including phenoxy) is 2. The first-order chi connectivity index (χ1) is 13.8. The second-order valence-electron chi connectivity index (χ2n) is 6.62. The molecule has 1 heterocycles. The number of benzene rings is 4. The van der Waals surface area contributed by atoms with Gasteiger partial charge in [0.2, 0.25) is 0 Å². The van der Waals surface area contributed by atoms with Gasteiger partial charge in [-0.1, -0.05) is 72.4 Å². The summed E-state index contributed by atoms with van der Waals surface area (Å²) in [5.74, 6) is 2.51. The molecule has 1 aliphatic rings. The molecule has 0 atom stereocenters. The van der Waals surface area contributed by atoms with Crippen molar-refractivity contribution in [2.45, 2.75) is 11.5 Å². The Kier molecular flexibility index (Phi) is 4.91. The van der Waals surface area contributed by atoms with E-state index in [1.54, 1.807) is 11.8 Å². The SMILES string of the molecule is Ic1cc(OCc2ccccc2)c2cc3c(cc2c1-c1ccccc1)SCO3. The van der Waals surface area contributed by atoms with Crippen LogP contribution in [-0.4, -0.2) is 5.94 Å². The van der Waals surface area contributed by atoms with Crippen LogP contribution in [0, 0.1) is 3.57 Å². The van der Waals surface area contributed by atoms with Gasteiger partial charge in [-0.2, -0.15) is 0 Å². The lowest BCUT2D eigenvalue weighted by molar-refractivity contribution is 0.309. The van der Waals surface area contributed by atoms with E-state index >= 15 is 0 Å². The maximum Gasteiger partial charge on any atom is 0.138 e. The standard InChI is InChI=1S/C24H17IO2S/c25-20-13-21(26-14-16-7-3-1-4-8-16)18-11-22-23(28-15-27-22)12-19(18)24(20)17-9-5-2-6-10-17/h1-13H,14-15H2. The summed E-state index contributed by atoms with van der Waals surface area (Å²) in [4.78, 5) is 1.20. The molecule has 2 nitrogen and oxygen atoms in total. The zero-order valence-corrected chi connectivity index (χ0v) is 18.0.